The van der Waals surface area contributed by atoms with Crippen LogP contribution in [0.15, 0.2) is 63.0 Å². The predicted octanol–water partition coefficient (Wildman–Crippen LogP) is 2.48. The normalized spacial score (nSPS) is 14.8. The van der Waals surface area contributed by atoms with Crippen molar-refractivity contribution in [3.8, 4) is 0 Å². The van der Waals surface area contributed by atoms with Gasteiger partial charge in [0.15, 0.2) is 21.6 Å². The first kappa shape index (κ1) is 25.2. The number of nitrogens with one attached hydrogen (secondary N) is 1. The van der Waals surface area contributed by atoms with Crippen LogP contribution in [-0.2, 0) is 9.84 Å². The van der Waals surface area contributed by atoms with E-state index in [0.717, 1.165) is 5.96 Å². The van der Waals surface area contributed by atoms with Crippen LogP contribution < -0.4 is 5.32 Å². The average molecular weight is 560 g/mol. The number of guanidine groups is 1. The van der Waals surface area contributed by atoms with Crippen LogP contribution in [0, 0.1) is 0 Å². The second-order valence-electron chi connectivity index (χ2n) is 6.98. The number of aliphatic imine (C=N–C) groups is 1. The van der Waals surface area contributed by atoms with E-state index < -0.39 is 9.84 Å². The third kappa shape index (κ3) is 6.96. The Hall–Kier alpha value is -2.08. The van der Waals surface area contributed by atoms with Gasteiger partial charge in [0.2, 0.25) is 0 Å². The Morgan fingerprint density at radius 1 is 1.06 bits per heavy atom. The SMILES string of the molecule is CCNC(=NCCCS(=O)(=O)c1ccccc1)N1CCN(C(=O)c2ccco2)CC1.I. The Bertz CT molecular complexity index is 941. The molecule has 3 rings (SSSR count). The molecule has 1 N–H and O–H groups in total. The van der Waals surface area contributed by atoms with Crippen molar-refractivity contribution >= 4 is 45.7 Å². The standard InChI is InChI=1S/C21H28N4O4S.HI/c1-2-22-21(23-11-7-17-30(27,28)18-8-4-3-5-9-18)25-14-12-24(13-15-25)20(26)19-10-6-16-29-19;/h3-6,8-10,16H,2,7,11-15,17H2,1H3,(H,22,23);1H. The monoisotopic (exact) mass is 560 g/mol. The molecule has 1 amide bonds. The lowest BCUT2D eigenvalue weighted by atomic mass is 10.3. The van der Waals surface area contributed by atoms with E-state index in [0.29, 0.717) is 56.3 Å². The largest absolute Gasteiger partial charge is 0.459 e. The summed E-state index contributed by atoms with van der Waals surface area (Å²) < 4.78 is 30.0. The second-order valence-corrected chi connectivity index (χ2v) is 9.09. The maximum atomic E-state index is 12.4. The fourth-order valence-electron chi connectivity index (χ4n) is 3.29. The molecule has 0 atom stereocenters. The van der Waals surface area contributed by atoms with E-state index in [9.17, 15) is 13.2 Å². The van der Waals surface area contributed by atoms with Gasteiger partial charge in [0, 0.05) is 39.3 Å². The lowest BCUT2D eigenvalue weighted by Crippen LogP contribution is -2.53. The Balaban J connectivity index is 0.00000341. The minimum Gasteiger partial charge on any atom is -0.459 e. The number of furan rings is 1. The second kappa shape index (κ2) is 12.1. The molecule has 1 fully saturated rings. The molecule has 0 unspecified atom stereocenters. The van der Waals surface area contributed by atoms with Gasteiger partial charge in [-0.15, -0.1) is 24.0 Å². The summed E-state index contributed by atoms with van der Waals surface area (Å²) in [5.74, 6) is 1.06. The first-order valence-electron chi connectivity index (χ1n) is 10.1. The maximum absolute atomic E-state index is 12.4. The number of carbonyl (C=O) groups excluding carboxylic acids is 1. The van der Waals surface area contributed by atoms with Gasteiger partial charge in [-0.3, -0.25) is 9.79 Å². The highest BCUT2D eigenvalue weighted by atomic mass is 127. The van der Waals surface area contributed by atoms with Gasteiger partial charge < -0.3 is 19.5 Å². The summed E-state index contributed by atoms with van der Waals surface area (Å²) in [5.41, 5.74) is 0. The summed E-state index contributed by atoms with van der Waals surface area (Å²) in [6.07, 6.45) is 1.94. The Labute approximate surface area is 200 Å². The van der Waals surface area contributed by atoms with Crippen LogP contribution in [0.5, 0.6) is 0 Å². The predicted molar refractivity (Wildman–Crippen MR) is 131 cm³/mol. The molecule has 170 valence electrons. The smallest absolute Gasteiger partial charge is 0.289 e. The van der Waals surface area contributed by atoms with Gasteiger partial charge in [-0.1, -0.05) is 18.2 Å². The van der Waals surface area contributed by atoms with Crippen molar-refractivity contribution in [2.45, 2.75) is 18.2 Å². The van der Waals surface area contributed by atoms with Crippen molar-refractivity contribution in [2.75, 3.05) is 45.0 Å². The molecule has 1 aliphatic heterocycles. The number of amides is 1. The topological polar surface area (TPSA) is 95.2 Å². The van der Waals surface area contributed by atoms with Crippen molar-refractivity contribution < 1.29 is 17.6 Å². The molecular weight excluding hydrogens is 531 g/mol. The maximum Gasteiger partial charge on any atom is 0.289 e. The van der Waals surface area contributed by atoms with Gasteiger partial charge >= 0.3 is 0 Å². The van der Waals surface area contributed by atoms with Crippen LogP contribution in [0.2, 0.25) is 0 Å². The zero-order valence-corrected chi connectivity index (χ0v) is 20.7. The van der Waals surface area contributed by atoms with Crippen LogP contribution in [0.3, 0.4) is 0 Å². The fraction of sp³-hybridized carbons (Fsp3) is 0.429. The highest BCUT2D eigenvalue weighted by Crippen LogP contribution is 2.12. The van der Waals surface area contributed by atoms with Crippen LogP contribution >= 0.6 is 24.0 Å². The summed E-state index contributed by atoms with van der Waals surface area (Å²) in [7, 11) is -3.29. The van der Waals surface area contributed by atoms with E-state index >= 15 is 0 Å². The van der Waals surface area contributed by atoms with Crippen LogP contribution in [0.4, 0.5) is 0 Å². The summed E-state index contributed by atoms with van der Waals surface area (Å²) >= 11 is 0. The lowest BCUT2D eigenvalue weighted by molar-refractivity contribution is 0.0657. The van der Waals surface area contributed by atoms with Crippen LogP contribution in [-0.4, -0.2) is 75.1 Å². The molecule has 2 aromatic rings. The zero-order chi connectivity index (χ0) is 21.4. The third-order valence-corrected chi connectivity index (χ3v) is 6.68. The van der Waals surface area contributed by atoms with Crippen LogP contribution in [0.25, 0.3) is 0 Å². The summed E-state index contributed by atoms with van der Waals surface area (Å²) in [4.78, 5) is 21.2. The fourth-order valence-corrected chi connectivity index (χ4v) is 4.61. The molecule has 0 radical (unpaired) electrons. The highest BCUT2D eigenvalue weighted by molar-refractivity contribution is 14.0. The number of rotatable bonds is 7. The molecule has 0 bridgehead atoms. The first-order valence-corrected chi connectivity index (χ1v) is 11.8. The Morgan fingerprint density at radius 3 is 2.35 bits per heavy atom. The number of piperazine rings is 1. The molecule has 0 saturated carbocycles. The molecule has 0 spiro atoms. The number of hydrogen-bond acceptors (Lipinski definition) is 5. The number of benzene rings is 1. The van der Waals surface area contributed by atoms with E-state index in [-0.39, 0.29) is 35.6 Å². The molecule has 1 saturated heterocycles. The minimum absolute atomic E-state index is 0. The van der Waals surface area contributed by atoms with Crippen molar-refractivity contribution in [1.82, 2.24) is 15.1 Å². The van der Waals surface area contributed by atoms with Crippen molar-refractivity contribution in [3.63, 3.8) is 0 Å². The number of nitrogens with zero attached hydrogens (tertiary/aromatic N) is 3. The molecule has 1 aliphatic rings. The highest BCUT2D eigenvalue weighted by Gasteiger charge is 2.25. The number of halogens is 1. The number of hydrogen-bond donors (Lipinski definition) is 1. The van der Waals surface area contributed by atoms with E-state index in [1.807, 2.05) is 6.92 Å². The third-order valence-electron chi connectivity index (χ3n) is 4.87. The summed E-state index contributed by atoms with van der Waals surface area (Å²) in [6.45, 7) is 5.58. The van der Waals surface area contributed by atoms with Gasteiger partial charge in [0.1, 0.15) is 0 Å². The molecular formula is C21H29IN4O4S. The van der Waals surface area contributed by atoms with Gasteiger partial charge in [-0.25, -0.2) is 8.42 Å². The molecule has 10 heteroatoms. The first-order chi connectivity index (χ1) is 14.5. The average Bonchev–Trinajstić information content (AvgIpc) is 3.31. The molecule has 31 heavy (non-hydrogen) atoms. The quantitative estimate of drug-likeness (QED) is 0.242. The molecule has 1 aromatic carbocycles. The molecule has 8 nitrogen and oxygen atoms in total. The number of carbonyl (C=O) groups is 1. The van der Waals surface area contributed by atoms with E-state index in [4.69, 9.17) is 4.42 Å². The Kier molecular flexibility index (Phi) is 9.82. The number of sulfone groups is 1. The molecule has 2 heterocycles. The van der Waals surface area contributed by atoms with Crippen molar-refractivity contribution in [1.29, 1.82) is 0 Å². The van der Waals surface area contributed by atoms with Crippen molar-refractivity contribution in [3.05, 3.63) is 54.5 Å². The van der Waals surface area contributed by atoms with Crippen molar-refractivity contribution in [2.24, 2.45) is 4.99 Å². The minimum atomic E-state index is -3.29. The zero-order valence-electron chi connectivity index (χ0n) is 17.6. The van der Waals surface area contributed by atoms with Gasteiger partial charge in [-0.05, 0) is 37.6 Å². The van der Waals surface area contributed by atoms with E-state index in [1.165, 1.54) is 6.26 Å². The van der Waals surface area contributed by atoms with E-state index in [1.54, 1.807) is 47.4 Å². The molecule has 1 aromatic heterocycles. The van der Waals surface area contributed by atoms with E-state index in [2.05, 4.69) is 15.2 Å². The Morgan fingerprint density at radius 2 is 1.74 bits per heavy atom. The van der Waals surface area contributed by atoms with Gasteiger partial charge in [-0.2, -0.15) is 0 Å². The van der Waals surface area contributed by atoms with Gasteiger partial charge in [0.25, 0.3) is 5.91 Å². The van der Waals surface area contributed by atoms with Gasteiger partial charge in [0.05, 0.1) is 16.9 Å². The lowest BCUT2D eigenvalue weighted by Gasteiger charge is -2.36. The summed E-state index contributed by atoms with van der Waals surface area (Å²) in [5, 5.41) is 3.26. The molecule has 0 aliphatic carbocycles. The summed E-state index contributed by atoms with van der Waals surface area (Å²) in [6, 6.07) is 11.9. The van der Waals surface area contributed by atoms with Crippen LogP contribution in [0.1, 0.15) is 23.9 Å².